The fraction of sp³-hybridized carbons (Fsp3) is 0.333. The van der Waals surface area contributed by atoms with Gasteiger partial charge in [-0.25, -0.2) is 19.3 Å². The number of carbonyl (C=O) groups is 1. The van der Waals surface area contributed by atoms with Gasteiger partial charge in [-0.05, 0) is 37.1 Å². The maximum absolute atomic E-state index is 13.0. The molecule has 1 N–H and O–H groups in total. The molecule has 1 aromatic carbocycles. The summed E-state index contributed by atoms with van der Waals surface area (Å²) in [5.74, 6) is 0.397. The molecule has 1 aliphatic rings. The summed E-state index contributed by atoms with van der Waals surface area (Å²) in [4.78, 5) is 27.7. The molecule has 0 atom stereocenters. The third kappa shape index (κ3) is 3.10. The fourth-order valence-electron chi connectivity index (χ4n) is 3.30. The van der Waals surface area contributed by atoms with Gasteiger partial charge in [0, 0.05) is 31.7 Å². The molecule has 1 fully saturated rings. The van der Waals surface area contributed by atoms with E-state index < -0.39 is 0 Å². The first-order valence-corrected chi connectivity index (χ1v) is 8.55. The molecule has 0 aliphatic carbocycles. The van der Waals surface area contributed by atoms with Crippen LogP contribution < -0.4 is 10.2 Å². The predicted octanol–water partition coefficient (Wildman–Crippen LogP) is 2.36. The van der Waals surface area contributed by atoms with Crippen molar-refractivity contribution in [2.75, 3.05) is 23.3 Å². The van der Waals surface area contributed by atoms with Crippen molar-refractivity contribution < 1.29 is 9.18 Å². The number of aryl methyl sites for hydroxylation is 1. The van der Waals surface area contributed by atoms with E-state index in [2.05, 4.69) is 25.2 Å². The van der Waals surface area contributed by atoms with Crippen molar-refractivity contribution in [3.05, 3.63) is 42.7 Å². The number of anilines is 2. The molecule has 0 saturated carbocycles. The fourth-order valence-corrected chi connectivity index (χ4v) is 3.30. The molecule has 3 heterocycles. The van der Waals surface area contributed by atoms with Gasteiger partial charge >= 0.3 is 0 Å². The van der Waals surface area contributed by atoms with Gasteiger partial charge in [-0.1, -0.05) is 0 Å². The zero-order chi connectivity index (χ0) is 18.1. The number of nitrogens with zero attached hydrogens (tertiary/aromatic N) is 5. The molecule has 2 aromatic heterocycles. The van der Waals surface area contributed by atoms with Crippen molar-refractivity contribution in [1.29, 1.82) is 0 Å². The van der Waals surface area contributed by atoms with Gasteiger partial charge in [0.2, 0.25) is 5.91 Å². The molecule has 1 amide bonds. The highest BCUT2D eigenvalue weighted by Crippen LogP contribution is 2.27. The third-order valence-electron chi connectivity index (χ3n) is 4.75. The summed E-state index contributed by atoms with van der Waals surface area (Å²) in [6.45, 7) is 1.45. The highest BCUT2D eigenvalue weighted by Gasteiger charge is 2.27. The van der Waals surface area contributed by atoms with Crippen LogP contribution >= 0.6 is 0 Å². The number of rotatable bonds is 3. The first-order valence-electron chi connectivity index (χ1n) is 8.55. The number of fused-ring (bicyclic) bond motifs is 1. The summed E-state index contributed by atoms with van der Waals surface area (Å²) in [5, 5.41) is 2.86. The second-order valence-electron chi connectivity index (χ2n) is 6.48. The van der Waals surface area contributed by atoms with E-state index in [1.165, 1.54) is 12.1 Å². The van der Waals surface area contributed by atoms with Crippen LogP contribution in [0.2, 0.25) is 0 Å². The zero-order valence-corrected chi connectivity index (χ0v) is 14.4. The van der Waals surface area contributed by atoms with E-state index >= 15 is 0 Å². The molecule has 7 nitrogen and oxygen atoms in total. The molecule has 0 spiro atoms. The van der Waals surface area contributed by atoms with Crippen molar-refractivity contribution in [1.82, 2.24) is 19.5 Å². The number of hydrogen-bond donors (Lipinski definition) is 1. The molecule has 0 bridgehead atoms. The van der Waals surface area contributed by atoms with Gasteiger partial charge in [-0.15, -0.1) is 0 Å². The molecule has 0 unspecified atom stereocenters. The topological polar surface area (TPSA) is 75.9 Å². The summed E-state index contributed by atoms with van der Waals surface area (Å²) in [5.41, 5.74) is 2.19. The van der Waals surface area contributed by atoms with Crippen LogP contribution in [0.5, 0.6) is 0 Å². The smallest absolute Gasteiger partial charge is 0.227 e. The highest BCUT2D eigenvalue weighted by atomic mass is 19.1. The van der Waals surface area contributed by atoms with Crippen molar-refractivity contribution in [2.24, 2.45) is 13.0 Å². The molecule has 1 saturated heterocycles. The Bertz CT molecular complexity index is 931. The number of piperidine rings is 1. The lowest BCUT2D eigenvalue weighted by molar-refractivity contribution is -0.120. The molecule has 8 heteroatoms. The molecule has 1 aliphatic heterocycles. The van der Waals surface area contributed by atoms with E-state index in [-0.39, 0.29) is 17.6 Å². The first kappa shape index (κ1) is 16.4. The summed E-state index contributed by atoms with van der Waals surface area (Å²) in [6, 6.07) is 5.82. The van der Waals surface area contributed by atoms with Gasteiger partial charge in [0.05, 0.1) is 6.33 Å². The number of benzene rings is 1. The SMILES string of the molecule is Cn1cnc2c(N3CCC(C(=O)Nc4ccc(F)cc4)CC3)ncnc21. The minimum absolute atomic E-state index is 0.0260. The summed E-state index contributed by atoms with van der Waals surface area (Å²) in [7, 11) is 1.90. The minimum Gasteiger partial charge on any atom is -0.355 e. The minimum atomic E-state index is -0.318. The first-order chi connectivity index (χ1) is 12.6. The van der Waals surface area contributed by atoms with Crippen molar-refractivity contribution >= 4 is 28.6 Å². The van der Waals surface area contributed by atoms with E-state index in [0.29, 0.717) is 5.69 Å². The number of carbonyl (C=O) groups excluding carboxylic acids is 1. The van der Waals surface area contributed by atoms with Gasteiger partial charge in [0.15, 0.2) is 17.0 Å². The largest absolute Gasteiger partial charge is 0.355 e. The average Bonchev–Trinajstić information content (AvgIpc) is 3.05. The van der Waals surface area contributed by atoms with Gasteiger partial charge < -0.3 is 14.8 Å². The molecule has 3 aromatic rings. The second kappa shape index (κ2) is 6.70. The summed E-state index contributed by atoms with van der Waals surface area (Å²) < 4.78 is 14.8. The van der Waals surface area contributed by atoms with Crippen LogP contribution in [0.25, 0.3) is 11.2 Å². The van der Waals surface area contributed by atoms with Crippen molar-refractivity contribution in [2.45, 2.75) is 12.8 Å². The Morgan fingerprint density at radius 2 is 1.88 bits per heavy atom. The van der Waals surface area contributed by atoms with E-state index in [9.17, 15) is 9.18 Å². The average molecular weight is 354 g/mol. The van der Waals surface area contributed by atoms with Crippen LogP contribution in [0.15, 0.2) is 36.9 Å². The van der Waals surface area contributed by atoms with Crippen LogP contribution in [-0.4, -0.2) is 38.5 Å². The third-order valence-corrected chi connectivity index (χ3v) is 4.75. The normalized spacial score (nSPS) is 15.4. The van der Waals surface area contributed by atoms with Crippen LogP contribution in [-0.2, 0) is 11.8 Å². The zero-order valence-electron chi connectivity index (χ0n) is 14.4. The number of nitrogens with one attached hydrogen (secondary N) is 1. The number of imidazole rings is 1. The van der Waals surface area contributed by atoms with Gasteiger partial charge in [0.1, 0.15) is 12.1 Å². The van der Waals surface area contributed by atoms with E-state index in [4.69, 9.17) is 0 Å². The number of hydrogen-bond acceptors (Lipinski definition) is 5. The maximum Gasteiger partial charge on any atom is 0.227 e. The monoisotopic (exact) mass is 354 g/mol. The number of aromatic nitrogens is 4. The predicted molar refractivity (Wildman–Crippen MR) is 96.3 cm³/mol. The second-order valence-corrected chi connectivity index (χ2v) is 6.48. The van der Waals surface area contributed by atoms with Gasteiger partial charge in [0.25, 0.3) is 0 Å². The lowest BCUT2D eigenvalue weighted by Gasteiger charge is -2.32. The quantitative estimate of drug-likeness (QED) is 0.781. The molecule has 134 valence electrons. The van der Waals surface area contributed by atoms with Crippen LogP contribution in [0, 0.1) is 11.7 Å². The number of halogens is 1. The standard InChI is InChI=1S/C18H19FN6O/c1-24-11-22-15-16(24)20-10-21-17(15)25-8-6-12(7-9-25)18(26)23-14-4-2-13(19)3-5-14/h2-5,10-12H,6-9H2,1H3,(H,23,26). The Morgan fingerprint density at radius 1 is 1.15 bits per heavy atom. The Labute approximate surface area is 149 Å². The van der Waals surface area contributed by atoms with Gasteiger partial charge in [-0.2, -0.15) is 0 Å². The maximum atomic E-state index is 13.0. The molecular formula is C18H19FN6O. The highest BCUT2D eigenvalue weighted by molar-refractivity contribution is 5.92. The molecular weight excluding hydrogens is 335 g/mol. The molecule has 26 heavy (non-hydrogen) atoms. The van der Waals surface area contributed by atoms with Crippen molar-refractivity contribution in [3.63, 3.8) is 0 Å². The van der Waals surface area contributed by atoms with E-state index in [1.807, 2.05) is 11.6 Å². The van der Waals surface area contributed by atoms with E-state index in [1.54, 1.807) is 24.8 Å². The van der Waals surface area contributed by atoms with Gasteiger partial charge in [-0.3, -0.25) is 4.79 Å². The number of amides is 1. The summed E-state index contributed by atoms with van der Waals surface area (Å²) in [6.07, 6.45) is 4.73. The van der Waals surface area contributed by atoms with Crippen molar-refractivity contribution in [3.8, 4) is 0 Å². The molecule has 0 radical (unpaired) electrons. The van der Waals surface area contributed by atoms with E-state index in [0.717, 1.165) is 42.9 Å². The lowest BCUT2D eigenvalue weighted by Crippen LogP contribution is -2.38. The van der Waals surface area contributed by atoms with Crippen LogP contribution in [0.1, 0.15) is 12.8 Å². The van der Waals surface area contributed by atoms with Crippen LogP contribution in [0.4, 0.5) is 15.9 Å². The Balaban J connectivity index is 1.42. The summed E-state index contributed by atoms with van der Waals surface area (Å²) >= 11 is 0. The lowest BCUT2D eigenvalue weighted by atomic mass is 9.95. The Hall–Kier alpha value is -3.03. The molecule has 4 rings (SSSR count). The Morgan fingerprint density at radius 3 is 2.62 bits per heavy atom. The Kier molecular flexibility index (Phi) is 4.24. The van der Waals surface area contributed by atoms with Crippen LogP contribution in [0.3, 0.4) is 0 Å².